The Morgan fingerprint density at radius 2 is 2.55 bits per heavy atom. The largest absolute Gasteiger partial charge is 0.295 e. The fraction of sp³-hybridized carbons (Fsp3) is 0.500. The Bertz CT molecular complexity index is 273. The van der Waals surface area contributed by atoms with Gasteiger partial charge in [0.1, 0.15) is 0 Å². The minimum absolute atomic E-state index is 0.777. The van der Waals surface area contributed by atoms with Gasteiger partial charge in [0.15, 0.2) is 0 Å². The van der Waals surface area contributed by atoms with Gasteiger partial charge in [-0.05, 0) is 12.8 Å². The number of hydrogen-bond acceptors (Lipinski definition) is 3. The standard InChI is InChI=1S/C8H10N2S/c1-9-4-7-5-10-8(11-7)6-2-3-6/h4-6H,2-3H2,1H3. The van der Waals surface area contributed by atoms with Gasteiger partial charge in [-0.2, -0.15) is 0 Å². The molecule has 1 aliphatic rings. The van der Waals surface area contributed by atoms with Gasteiger partial charge >= 0.3 is 0 Å². The summed E-state index contributed by atoms with van der Waals surface area (Å²) in [6.45, 7) is 0. The van der Waals surface area contributed by atoms with Crippen molar-refractivity contribution in [3.05, 3.63) is 16.1 Å². The molecule has 0 spiro atoms. The molecule has 11 heavy (non-hydrogen) atoms. The van der Waals surface area contributed by atoms with E-state index in [0.717, 1.165) is 5.92 Å². The summed E-state index contributed by atoms with van der Waals surface area (Å²) in [7, 11) is 1.79. The first-order valence-electron chi connectivity index (χ1n) is 3.78. The number of hydrogen-bond donors (Lipinski definition) is 0. The van der Waals surface area contributed by atoms with Gasteiger partial charge < -0.3 is 0 Å². The van der Waals surface area contributed by atoms with Crippen LogP contribution in [0.5, 0.6) is 0 Å². The molecule has 0 saturated heterocycles. The molecule has 1 aromatic rings. The maximum Gasteiger partial charge on any atom is 0.0962 e. The topological polar surface area (TPSA) is 25.2 Å². The predicted molar refractivity (Wildman–Crippen MR) is 47.6 cm³/mol. The summed E-state index contributed by atoms with van der Waals surface area (Å²) in [4.78, 5) is 9.44. The van der Waals surface area contributed by atoms with Crippen molar-refractivity contribution >= 4 is 17.6 Å². The van der Waals surface area contributed by atoms with Gasteiger partial charge in [0.25, 0.3) is 0 Å². The lowest BCUT2D eigenvalue weighted by molar-refractivity contribution is 1.08. The van der Waals surface area contributed by atoms with Crippen molar-refractivity contribution in [1.82, 2.24) is 4.98 Å². The highest BCUT2D eigenvalue weighted by atomic mass is 32.1. The molecular weight excluding hydrogens is 156 g/mol. The van der Waals surface area contributed by atoms with Crippen LogP contribution in [0.2, 0.25) is 0 Å². The molecule has 2 nitrogen and oxygen atoms in total. The number of aromatic nitrogens is 1. The summed E-state index contributed by atoms with van der Waals surface area (Å²) in [6.07, 6.45) is 6.43. The van der Waals surface area contributed by atoms with Crippen LogP contribution >= 0.6 is 11.3 Å². The molecule has 0 amide bonds. The molecule has 1 saturated carbocycles. The van der Waals surface area contributed by atoms with E-state index in [1.807, 2.05) is 12.4 Å². The van der Waals surface area contributed by atoms with E-state index in [2.05, 4.69) is 9.98 Å². The number of rotatable bonds is 2. The molecule has 0 radical (unpaired) electrons. The molecule has 0 unspecified atom stereocenters. The molecule has 1 aliphatic carbocycles. The first kappa shape index (κ1) is 6.98. The maximum atomic E-state index is 4.32. The Hall–Kier alpha value is -0.700. The third kappa shape index (κ3) is 1.48. The van der Waals surface area contributed by atoms with Crippen molar-refractivity contribution in [2.75, 3.05) is 7.05 Å². The van der Waals surface area contributed by atoms with Gasteiger partial charge in [0, 0.05) is 25.4 Å². The minimum Gasteiger partial charge on any atom is -0.295 e. The van der Waals surface area contributed by atoms with E-state index in [0.29, 0.717) is 0 Å². The van der Waals surface area contributed by atoms with Gasteiger partial charge in [0.2, 0.25) is 0 Å². The Morgan fingerprint density at radius 3 is 3.18 bits per heavy atom. The van der Waals surface area contributed by atoms with Crippen LogP contribution in [0.15, 0.2) is 11.2 Å². The highest BCUT2D eigenvalue weighted by Crippen LogP contribution is 2.41. The zero-order chi connectivity index (χ0) is 7.68. The fourth-order valence-electron chi connectivity index (χ4n) is 1.01. The van der Waals surface area contributed by atoms with Crippen molar-refractivity contribution in [3.63, 3.8) is 0 Å². The Kier molecular flexibility index (Phi) is 1.74. The summed E-state index contributed by atoms with van der Waals surface area (Å²) in [5.74, 6) is 0.777. The van der Waals surface area contributed by atoms with E-state index in [1.165, 1.54) is 22.7 Å². The quantitative estimate of drug-likeness (QED) is 0.617. The zero-order valence-electron chi connectivity index (χ0n) is 6.45. The minimum atomic E-state index is 0.777. The van der Waals surface area contributed by atoms with E-state index >= 15 is 0 Å². The smallest absolute Gasteiger partial charge is 0.0962 e. The predicted octanol–water partition coefficient (Wildman–Crippen LogP) is 2.07. The van der Waals surface area contributed by atoms with Crippen LogP contribution in [-0.4, -0.2) is 18.2 Å². The highest BCUT2D eigenvalue weighted by molar-refractivity contribution is 7.13. The Balaban J connectivity index is 2.18. The molecule has 1 fully saturated rings. The van der Waals surface area contributed by atoms with Crippen LogP contribution in [0, 0.1) is 0 Å². The van der Waals surface area contributed by atoms with Crippen LogP contribution in [-0.2, 0) is 0 Å². The molecule has 0 bridgehead atoms. The maximum absolute atomic E-state index is 4.32. The normalized spacial score (nSPS) is 17.9. The lowest BCUT2D eigenvalue weighted by Crippen LogP contribution is -1.70. The Morgan fingerprint density at radius 1 is 1.73 bits per heavy atom. The van der Waals surface area contributed by atoms with Crippen molar-refractivity contribution < 1.29 is 0 Å². The van der Waals surface area contributed by atoms with Gasteiger partial charge in [-0.25, -0.2) is 4.98 Å². The van der Waals surface area contributed by atoms with Gasteiger partial charge in [-0.3, -0.25) is 4.99 Å². The molecule has 1 heterocycles. The third-order valence-electron chi connectivity index (χ3n) is 1.72. The van der Waals surface area contributed by atoms with Crippen LogP contribution in [0.3, 0.4) is 0 Å². The molecule has 0 aliphatic heterocycles. The van der Waals surface area contributed by atoms with E-state index < -0.39 is 0 Å². The lowest BCUT2D eigenvalue weighted by Gasteiger charge is -1.82. The molecule has 3 heteroatoms. The fourth-order valence-corrected chi connectivity index (χ4v) is 2.02. The zero-order valence-corrected chi connectivity index (χ0v) is 7.27. The second kappa shape index (κ2) is 2.74. The lowest BCUT2D eigenvalue weighted by atomic mass is 10.5. The average Bonchev–Trinajstić information content (AvgIpc) is 2.75. The van der Waals surface area contributed by atoms with E-state index in [-0.39, 0.29) is 0 Å². The van der Waals surface area contributed by atoms with Crippen LogP contribution in [0.25, 0.3) is 0 Å². The molecule has 58 valence electrons. The number of aliphatic imine (C=N–C) groups is 1. The highest BCUT2D eigenvalue weighted by Gasteiger charge is 2.26. The molecule has 2 rings (SSSR count). The van der Waals surface area contributed by atoms with E-state index in [1.54, 1.807) is 18.4 Å². The third-order valence-corrected chi connectivity index (χ3v) is 2.82. The van der Waals surface area contributed by atoms with E-state index in [4.69, 9.17) is 0 Å². The first-order valence-corrected chi connectivity index (χ1v) is 4.59. The summed E-state index contributed by atoms with van der Waals surface area (Å²) < 4.78 is 0. The van der Waals surface area contributed by atoms with Gasteiger partial charge in [-0.1, -0.05) is 0 Å². The van der Waals surface area contributed by atoms with Crippen LogP contribution in [0.1, 0.15) is 28.6 Å². The summed E-state index contributed by atoms with van der Waals surface area (Å²) in [5, 5.41) is 1.29. The van der Waals surface area contributed by atoms with Crippen molar-refractivity contribution in [2.24, 2.45) is 4.99 Å². The second-order valence-electron chi connectivity index (χ2n) is 2.76. The SMILES string of the molecule is CN=Cc1cnc(C2CC2)s1. The van der Waals surface area contributed by atoms with Crippen molar-refractivity contribution in [2.45, 2.75) is 18.8 Å². The van der Waals surface area contributed by atoms with Crippen LogP contribution < -0.4 is 0 Å². The van der Waals surface area contributed by atoms with E-state index in [9.17, 15) is 0 Å². The first-order chi connectivity index (χ1) is 5.40. The number of thiazole rings is 1. The van der Waals surface area contributed by atoms with Gasteiger partial charge in [0.05, 0.1) is 9.88 Å². The van der Waals surface area contributed by atoms with Gasteiger partial charge in [-0.15, -0.1) is 11.3 Å². The number of nitrogens with zero attached hydrogens (tertiary/aromatic N) is 2. The van der Waals surface area contributed by atoms with Crippen molar-refractivity contribution in [3.8, 4) is 0 Å². The molecule has 0 aromatic carbocycles. The van der Waals surface area contributed by atoms with Crippen LogP contribution in [0.4, 0.5) is 0 Å². The molecule has 1 aromatic heterocycles. The van der Waals surface area contributed by atoms with Crippen molar-refractivity contribution in [1.29, 1.82) is 0 Å². The average molecular weight is 166 g/mol. The summed E-state index contributed by atoms with van der Waals surface area (Å²) >= 11 is 1.77. The monoisotopic (exact) mass is 166 g/mol. The molecule has 0 N–H and O–H groups in total. The molecule has 0 atom stereocenters. The molecular formula is C8H10N2S. The Labute approximate surface area is 70.0 Å². The second-order valence-corrected chi connectivity index (χ2v) is 3.86. The summed E-state index contributed by atoms with van der Waals surface area (Å²) in [6, 6.07) is 0. The summed E-state index contributed by atoms with van der Waals surface area (Å²) in [5.41, 5.74) is 0.